The van der Waals surface area contributed by atoms with E-state index < -0.39 is 0 Å². The summed E-state index contributed by atoms with van der Waals surface area (Å²) in [7, 11) is 0. The van der Waals surface area contributed by atoms with Gasteiger partial charge in [0.25, 0.3) is 5.91 Å². The molecule has 8 nitrogen and oxygen atoms in total. The Morgan fingerprint density at radius 2 is 1.72 bits per heavy atom. The molecule has 0 bridgehead atoms. The second kappa shape index (κ2) is 12.5. The van der Waals surface area contributed by atoms with E-state index in [9.17, 15) is 4.79 Å². The Hall–Kier alpha value is -4.24. The number of carbonyl (C=O) groups excluding carboxylic acids is 1. The number of aryl methyl sites for hydroxylation is 1. The van der Waals surface area contributed by atoms with Crippen molar-refractivity contribution in [2.45, 2.75) is 38.8 Å². The van der Waals surface area contributed by atoms with Crippen LogP contribution < -0.4 is 5.32 Å². The number of carbonyl (C=O) groups is 1. The summed E-state index contributed by atoms with van der Waals surface area (Å²) in [5.41, 5.74) is 5.72. The Labute approximate surface area is 233 Å². The zero-order valence-electron chi connectivity index (χ0n) is 21.8. The van der Waals surface area contributed by atoms with Gasteiger partial charge in [0.1, 0.15) is 11.5 Å². The average molecular weight is 538 g/mol. The maximum Gasteiger partial charge on any atom is 0.271 e. The van der Waals surface area contributed by atoms with Crippen molar-refractivity contribution >= 4 is 18.5 Å². The van der Waals surface area contributed by atoms with Crippen molar-refractivity contribution in [3.8, 4) is 22.5 Å². The number of aromatic nitrogens is 6. The number of nitrogens with one attached hydrogen (secondary N) is 2. The summed E-state index contributed by atoms with van der Waals surface area (Å²) in [5, 5.41) is 17.6. The normalized spacial score (nSPS) is 11.8. The standard InChI is InChI=1S/C30H31N7OS/c1-2-16-37-19-27(30(38)31-24(20-39)17-21-8-4-3-5-9-21)32-28(37)18-22-12-14-23(15-13-22)25-10-6-7-11-26(25)29-33-35-36-34-29/h3-15,19,24,39H,2,16-18,20H2,1H3,(H,31,38)(H,33,34,35,36)/t24-/m1/s1. The van der Waals surface area contributed by atoms with Crippen LogP contribution in [0.25, 0.3) is 22.5 Å². The SMILES string of the molecule is CCCn1cc(C(=O)N[C@@H](CS)Cc2ccccc2)nc1Cc1ccc(-c2ccccc2-c2nn[nH]n2)cc1. The van der Waals surface area contributed by atoms with Crippen LogP contribution in [0.15, 0.2) is 85.1 Å². The summed E-state index contributed by atoms with van der Waals surface area (Å²) >= 11 is 4.46. The first-order valence-corrected chi connectivity index (χ1v) is 13.7. The highest BCUT2D eigenvalue weighted by Crippen LogP contribution is 2.30. The highest BCUT2D eigenvalue weighted by Gasteiger charge is 2.18. The van der Waals surface area contributed by atoms with Gasteiger partial charge < -0.3 is 9.88 Å². The molecule has 9 heteroatoms. The molecule has 0 aliphatic carbocycles. The Morgan fingerprint density at radius 1 is 0.974 bits per heavy atom. The van der Waals surface area contributed by atoms with Crippen LogP contribution in [-0.2, 0) is 19.4 Å². The first-order valence-electron chi connectivity index (χ1n) is 13.1. The second-order valence-corrected chi connectivity index (χ2v) is 9.80. The van der Waals surface area contributed by atoms with Crippen molar-refractivity contribution in [2.24, 2.45) is 0 Å². The van der Waals surface area contributed by atoms with Crippen molar-refractivity contribution in [3.05, 3.63) is 108 Å². The number of rotatable bonds is 11. The molecule has 2 heterocycles. The molecule has 0 aliphatic heterocycles. The van der Waals surface area contributed by atoms with E-state index in [1.165, 1.54) is 0 Å². The maximum absolute atomic E-state index is 13.1. The van der Waals surface area contributed by atoms with Gasteiger partial charge in [0, 0.05) is 36.5 Å². The van der Waals surface area contributed by atoms with E-state index in [1.807, 2.05) is 42.6 Å². The number of hydrogen-bond donors (Lipinski definition) is 3. The molecule has 0 saturated carbocycles. The number of tetrazole rings is 1. The molecule has 2 N–H and O–H groups in total. The molecule has 2 aromatic heterocycles. The van der Waals surface area contributed by atoms with Gasteiger partial charge >= 0.3 is 0 Å². The molecular weight excluding hydrogens is 506 g/mol. The fourth-order valence-electron chi connectivity index (χ4n) is 4.65. The molecule has 0 saturated heterocycles. The lowest BCUT2D eigenvalue weighted by molar-refractivity contribution is 0.0936. The number of amides is 1. The highest BCUT2D eigenvalue weighted by molar-refractivity contribution is 7.80. The lowest BCUT2D eigenvalue weighted by Crippen LogP contribution is -2.38. The zero-order chi connectivity index (χ0) is 27.0. The fourth-order valence-corrected chi connectivity index (χ4v) is 4.87. The van der Waals surface area contributed by atoms with Crippen LogP contribution in [0.2, 0.25) is 0 Å². The molecule has 0 fully saturated rings. The van der Waals surface area contributed by atoms with Gasteiger partial charge in [-0.1, -0.05) is 85.8 Å². The number of aromatic amines is 1. The average Bonchev–Trinajstić information content (AvgIpc) is 3.65. The van der Waals surface area contributed by atoms with E-state index in [0.717, 1.165) is 53.0 Å². The Bertz CT molecular complexity index is 1500. The number of thiol groups is 1. The molecule has 0 unspecified atom stereocenters. The third-order valence-electron chi connectivity index (χ3n) is 6.58. The van der Waals surface area contributed by atoms with Crippen molar-refractivity contribution in [2.75, 3.05) is 5.75 Å². The van der Waals surface area contributed by atoms with Gasteiger partial charge in [0.2, 0.25) is 5.82 Å². The minimum atomic E-state index is -0.172. The van der Waals surface area contributed by atoms with Crippen molar-refractivity contribution < 1.29 is 4.79 Å². The lowest BCUT2D eigenvalue weighted by Gasteiger charge is -2.15. The van der Waals surface area contributed by atoms with Crippen LogP contribution >= 0.6 is 12.6 Å². The van der Waals surface area contributed by atoms with Crippen LogP contribution in [0, 0.1) is 0 Å². The summed E-state index contributed by atoms with van der Waals surface area (Å²) < 4.78 is 2.08. The van der Waals surface area contributed by atoms with Crippen LogP contribution in [0.1, 0.15) is 40.8 Å². The number of hydrogen-bond acceptors (Lipinski definition) is 6. The minimum absolute atomic E-state index is 0.0779. The Balaban J connectivity index is 1.31. The summed E-state index contributed by atoms with van der Waals surface area (Å²) in [4.78, 5) is 17.9. The predicted molar refractivity (Wildman–Crippen MR) is 156 cm³/mol. The molecule has 5 aromatic rings. The topological polar surface area (TPSA) is 101 Å². The molecule has 1 amide bonds. The van der Waals surface area contributed by atoms with E-state index in [-0.39, 0.29) is 11.9 Å². The third kappa shape index (κ3) is 6.43. The van der Waals surface area contributed by atoms with Gasteiger partial charge in [-0.15, -0.1) is 10.2 Å². The van der Waals surface area contributed by atoms with Crippen LogP contribution in [0.5, 0.6) is 0 Å². The largest absolute Gasteiger partial charge is 0.347 e. The first kappa shape index (κ1) is 26.4. The maximum atomic E-state index is 13.1. The molecule has 5 rings (SSSR count). The van der Waals surface area contributed by atoms with Gasteiger partial charge in [-0.2, -0.15) is 17.8 Å². The number of benzene rings is 3. The minimum Gasteiger partial charge on any atom is -0.347 e. The smallest absolute Gasteiger partial charge is 0.271 e. The zero-order valence-corrected chi connectivity index (χ0v) is 22.7. The van der Waals surface area contributed by atoms with Crippen LogP contribution in [-0.4, -0.2) is 47.9 Å². The first-order chi connectivity index (χ1) is 19.1. The van der Waals surface area contributed by atoms with Gasteiger partial charge in [-0.05, 0) is 40.3 Å². The number of H-pyrrole nitrogens is 1. The lowest BCUT2D eigenvalue weighted by atomic mass is 9.98. The van der Waals surface area contributed by atoms with Gasteiger partial charge in [-0.25, -0.2) is 4.98 Å². The van der Waals surface area contributed by atoms with Crippen LogP contribution in [0.3, 0.4) is 0 Å². The Kier molecular flexibility index (Phi) is 8.48. The summed E-state index contributed by atoms with van der Waals surface area (Å²) in [5.74, 6) is 1.80. The molecule has 39 heavy (non-hydrogen) atoms. The van der Waals surface area contributed by atoms with E-state index in [1.54, 1.807) is 0 Å². The summed E-state index contributed by atoms with van der Waals surface area (Å²) in [6.07, 6.45) is 4.16. The van der Waals surface area contributed by atoms with Gasteiger partial charge in [-0.3, -0.25) is 4.79 Å². The summed E-state index contributed by atoms with van der Waals surface area (Å²) in [6.45, 7) is 2.92. The fraction of sp³-hybridized carbons (Fsp3) is 0.233. The second-order valence-electron chi connectivity index (χ2n) is 9.43. The van der Waals surface area contributed by atoms with Crippen LogP contribution in [0.4, 0.5) is 0 Å². The van der Waals surface area contributed by atoms with Crippen molar-refractivity contribution in [1.29, 1.82) is 0 Å². The monoisotopic (exact) mass is 537 g/mol. The van der Waals surface area contributed by atoms with Gasteiger partial charge in [0.15, 0.2) is 0 Å². The third-order valence-corrected chi connectivity index (χ3v) is 7.02. The highest BCUT2D eigenvalue weighted by atomic mass is 32.1. The summed E-state index contributed by atoms with van der Waals surface area (Å²) in [6, 6.07) is 26.4. The number of nitrogens with zero attached hydrogens (tertiary/aromatic N) is 5. The van der Waals surface area contributed by atoms with E-state index in [2.05, 4.69) is 92.5 Å². The molecule has 3 aromatic carbocycles. The van der Waals surface area contributed by atoms with Gasteiger partial charge in [0.05, 0.1) is 0 Å². The number of imidazole rings is 1. The molecular formula is C30H31N7OS. The quantitative estimate of drug-likeness (QED) is 0.206. The van der Waals surface area contributed by atoms with Crippen molar-refractivity contribution in [1.82, 2.24) is 35.5 Å². The molecule has 198 valence electrons. The molecule has 0 aliphatic rings. The predicted octanol–water partition coefficient (Wildman–Crippen LogP) is 5.00. The Morgan fingerprint density at radius 3 is 2.41 bits per heavy atom. The van der Waals surface area contributed by atoms with E-state index >= 15 is 0 Å². The van der Waals surface area contributed by atoms with Crippen molar-refractivity contribution in [3.63, 3.8) is 0 Å². The van der Waals surface area contributed by atoms with E-state index in [0.29, 0.717) is 23.7 Å². The van der Waals surface area contributed by atoms with E-state index in [4.69, 9.17) is 4.98 Å². The molecule has 0 radical (unpaired) electrons. The molecule has 1 atom stereocenters. The molecule has 0 spiro atoms.